The second-order valence-corrected chi connectivity index (χ2v) is 5.12. The van der Waals surface area contributed by atoms with Gasteiger partial charge in [-0.05, 0) is 31.9 Å². The lowest BCUT2D eigenvalue weighted by Gasteiger charge is -2.26. The Bertz CT molecular complexity index is 364. The highest BCUT2D eigenvalue weighted by molar-refractivity contribution is 5.09. The van der Waals surface area contributed by atoms with Gasteiger partial charge in [-0.1, -0.05) is 13.8 Å². The van der Waals surface area contributed by atoms with E-state index in [-0.39, 0.29) is 0 Å². The average Bonchev–Trinajstić information content (AvgIpc) is 2.99. The summed E-state index contributed by atoms with van der Waals surface area (Å²) in [6.45, 7) is 6.33. The van der Waals surface area contributed by atoms with Gasteiger partial charge in [-0.2, -0.15) is 5.10 Å². The molecule has 3 unspecified atom stereocenters. The Morgan fingerprint density at radius 2 is 2.39 bits per heavy atom. The summed E-state index contributed by atoms with van der Waals surface area (Å²) in [6.07, 6.45) is 5.76. The van der Waals surface area contributed by atoms with Crippen LogP contribution in [0.25, 0.3) is 0 Å². The molecule has 1 aromatic heterocycles. The molecule has 1 fully saturated rings. The van der Waals surface area contributed by atoms with Gasteiger partial charge in [-0.15, -0.1) is 0 Å². The summed E-state index contributed by atoms with van der Waals surface area (Å²) in [7, 11) is 1.98. The van der Waals surface area contributed by atoms with E-state index in [4.69, 9.17) is 4.74 Å². The summed E-state index contributed by atoms with van der Waals surface area (Å²) in [5, 5.41) is 8.23. The molecule has 1 aliphatic rings. The molecule has 1 aliphatic heterocycles. The molecule has 18 heavy (non-hydrogen) atoms. The fourth-order valence-corrected chi connectivity index (χ4v) is 2.84. The molecule has 0 bridgehead atoms. The van der Waals surface area contributed by atoms with Gasteiger partial charge in [0.2, 0.25) is 0 Å². The third-order valence-electron chi connectivity index (χ3n) is 3.76. The number of nitrogens with one attached hydrogen (secondary N) is 1. The van der Waals surface area contributed by atoms with Crippen LogP contribution in [0.15, 0.2) is 12.3 Å². The van der Waals surface area contributed by atoms with Crippen LogP contribution >= 0.6 is 0 Å². The summed E-state index contributed by atoms with van der Waals surface area (Å²) in [5.41, 5.74) is 1.15. The van der Waals surface area contributed by atoms with Gasteiger partial charge in [0.1, 0.15) is 0 Å². The van der Waals surface area contributed by atoms with Gasteiger partial charge >= 0.3 is 0 Å². The van der Waals surface area contributed by atoms with Gasteiger partial charge in [0.25, 0.3) is 0 Å². The summed E-state index contributed by atoms with van der Waals surface area (Å²) >= 11 is 0. The minimum Gasteiger partial charge on any atom is -0.378 e. The Hall–Kier alpha value is -0.870. The molecule has 0 aliphatic carbocycles. The van der Waals surface area contributed by atoms with Crippen molar-refractivity contribution in [2.75, 3.05) is 13.2 Å². The van der Waals surface area contributed by atoms with Gasteiger partial charge in [0.05, 0.1) is 17.8 Å². The lowest BCUT2D eigenvalue weighted by Crippen LogP contribution is -2.33. The fourth-order valence-electron chi connectivity index (χ4n) is 2.84. The van der Waals surface area contributed by atoms with Crippen molar-refractivity contribution in [1.82, 2.24) is 15.1 Å². The number of rotatable bonds is 6. The zero-order valence-corrected chi connectivity index (χ0v) is 11.7. The first-order chi connectivity index (χ1) is 8.76. The maximum atomic E-state index is 5.83. The lowest BCUT2D eigenvalue weighted by molar-refractivity contribution is 0.0768. The minimum absolute atomic E-state index is 0.332. The molecule has 0 spiro atoms. The molecular formula is C14H25N3O. The molecule has 1 aromatic rings. The van der Waals surface area contributed by atoms with E-state index in [1.165, 1.54) is 0 Å². The van der Waals surface area contributed by atoms with Gasteiger partial charge in [-0.25, -0.2) is 0 Å². The molecule has 2 heterocycles. The summed E-state index contributed by atoms with van der Waals surface area (Å²) < 4.78 is 7.71. The molecular weight excluding hydrogens is 226 g/mol. The highest BCUT2D eigenvalue weighted by Gasteiger charge is 2.35. The number of hydrogen-bond acceptors (Lipinski definition) is 3. The Balaban J connectivity index is 2.13. The number of aryl methyl sites for hydroxylation is 1. The average molecular weight is 251 g/mol. The van der Waals surface area contributed by atoms with Gasteiger partial charge in [-0.3, -0.25) is 4.68 Å². The van der Waals surface area contributed by atoms with Crippen molar-refractivity contribution in [2.24, 2.45) is 13.0 Å². The van der Waals surface area contributed by atoms with Crippen LogP contribution in [-0.2, 0) is 11.8 Å². The van der Waals surface area contributed by atoms with E-state index in [2.05, 4.69) is 30.3 Å². The maximum Gasteiger partial charge on any atom is 0.0797 e. The number of nitrogens with zero attached hydrogens (tertiary/aromatic N) is 2. The largest absolute Gasteiger partial charge is 0.378 e. The normalized spacial score (nSPS) is 25.5. The quantitative estimate of drug-likeness (QED) is 0.843. The van der Waals surface area contributed by atoms with E-state index in [0.717, 1.165) is 38.1 Å². The number of hydrogen-bond donors (Lipinski definition) is 1. The molecule has 2 rings (SSSR count). The van der Waals surface area contributed by atoms with Crippen molar-refractivity contribution in [1.29, 1.82) is 0 Å². The van der Waals surface area contributed by atoms with E-state index >= 15 is 0 Å². The van der Waals surface area contributed by atoms with Gasteiger partial charge in [0, 0.05) is 25.8 Å². The van der Waals surface area contributed by atoms with Crippen LogP contribution in [0.2, 0.25) is 0 Å². The van der Waals surface area contributed by atoms with Crippen molar-refractivity contribution in [2.45, 2.75) is 45.3 Å². The zero-order chi connectivity index (χ0) is 13.0. The molecule has 1 saturated heterocycles. The van der Waals surface area contributed by atoms with Crippen LogP contribution in [0.5, 0.6) is 0 Å². The molecule has 4 nitrogen and oxygen atoms in total. The Morgan fingerprint density at radius 3 is 3.00 bits per heavy atom. The zero-order valence-electron chi connectivity index (χ0n) is 11.7. The van der Waals surface area contributed by atoms with Crippen LogP contribution in [0.1, 0.15) is 44.8 Å². The predicted molar refractivity (Wildman–Crippen MR) is 72.4 cm³/mol. The maximum absolute atomic E-state index is 5.83. The van der Waals surface area contributed by atoms with Crippen molar-refractivity contribution in [3.8, 4) is 0 Å². The van der Waals surface area contributed by atoms with Crippen molar-refractivity contribution in [3.05, 3.63) is 18.0 Å². The summed E-state index contributed by atoms with van der Waals surface area (Å²) in [5.74, 6) is 0.552. The Kier molecular flexibility index (Phi) is 4.78. The molecule has 0 amide bonds. The molecule has 1 N–H and O–H groups in total. The van der Waals surface area contributed by atoms with Crippen LogP contribution in [0, 0.1) is 5.92 Å². The first-order valence-corrected chi connectivity index (χ1v) is 7.10. The predicted octanol–water partition coefficient (Wildman–Crippen LogP) is 2.28. The van der Waals surface area contributed by atoms with E-state index < -0.39 is 0 Å². The van der Waals surface area contributed by atoms with Crippen molar-refractivity contribution in [3.63, 3.8) is 0 Å². The van der Waals surface area contributed by atoms with Crippen molar-refractivity contribution >= 4 is 0 Å². The molecule has 102 valence electrons. The van der Waals surface area contributed by atoms with Gasteiger partial charge < -0.3 is 10.1 Å². The summed E-state index contributed by atoms with van der Waals surface area (Å²) in [6, 6.07) is 2.46. The van der Waals surface area contributed by atoms with Crippen molar-refractivity contribution < 1.29 is 4.74 Å². The van der Waals surface area contributed by atoms with E-state index in [1.54, 1.807) is 0 Å². The van der Waals surface area contributed by atoms with Crippen LogP contribution < -0.4 is 5.32 Å². The summed E-state index contributed by atoms with van der Waals surface area (Å²) in [4.78, 5) is 0. The monoisotopic (exact) mass is 251 g/mol. The SMILES string of the molecule is CCCNC(c1ccn(C)n1)C1CCOC1CC. The smallest absolute Gasteiger partial charge is 0.0797 e. The molecule has 0 radical (unpaired) electrons. The van der Waals surface area contributed by atoms with Crippen LogP contribution in [0.4, 0.5) is 0 Å². The Morgan fingerprint density at radius 1 is 1.56 bits per heavy atom. The first kappa shape index (κ1) is 13.6. The highest BCUT2D eigenvalue weighted by Crippen LogP contribution is 2.34. The number of ether oxygens (including phenoxy) is 1. The van der Waals surface area contributed by atoms with Gasteiger partial charge in [0.15, 0.2) is 0 Å². The second-order valence-electron chi connectivity index (χ2n) is 5.12. The topological polar surface area (TPSA) is 39.1 Å². The lowest BCUT2D eigenvalue weighted by atomic mass is 9.89. The van der Waals surface area contributed by atoms with E-state index in [1.807, 2.05) is 17.9 Å². The molecule has 0 saturated carbocycles. The third-order valence-corrected chi connectivity index (χ3v) is 3.76. The fraction of sp³-hybridized carbons (Fsp3) is 0.786. The van der Waals surface area contributed by atoms with Crippen LogP contribution in [-0.4, -0.2) is 29.0 Å². The Labute approximate surface area is 110 Å². The third kappa shape index (κ3) is 2.93. The first-order valence-electron chi connectivity index (χ1n) is 7.10. The molecule has 3 atom stereocenters. The highest BCUT2D eigenvalue weighted by atomic mass is 16.5. The molecule has 0 aromatic carbocycles. The minimum atomic E-state index is 0.332. The van der Waals surface area contributed by atoms with Crippen LogP contribution in [0.3, 0.4) is 0 Å². The number of aromatic nitrogens is 2. The standard InChI is InChI=1S/C14H25N3O/c1-4-8-15-14(12-6-9-17(3)16-12)11-7-10-18-13(11)5-2/h6,9,11,13-15H,4-5,7-8,10H2,1-3H3. The van der Waals surface area contributed by atoms with E-state index in [9.17, 15) is 0 Å². The van der Waals surface area contributed by atoms with E-state index in [0.29, 0.717) is 18.1 Å². The molecule has 4 heteroatoms. The second kappa shape index (κ2) is 6.34.